The Kier molecular flexibility index (Phi) is 4.05. The van der Waals surface area contributed by atoms with Crippen molar-refractivity contribution in [3.05, 3.63) is 0 Å². The van der Waals surface area contributed by atoms with Crippen LogP contribution in [-0.2, 0) is 4.65 Å². The molecule has 0 rings (SSSR count). The molecule has 0 aromatic carbocycles. The Morgan fingerprint density at radius 1 is 1.80 bits per heavy atom. The molecular formula is C3H8BO. The van der Waals surface area contributed by atoms with Gasteiger partial charge >= 0.3 is 0 Å². The molecule has 0 amide bonds. The van der Waals surface area contributed by atoms with Gasteiger partial charge in [-0.1, -0.05) is 6.82 Å². The second-order valence-corrected chi connectivity index (χ2v) is 0.691. The van der Waals surface area contributed by atoms with Gasteiger partial charge in [-0.2, -0.15) is 0 Å². The van der Waals surface area contributed by atoms with Crippen LogP contribution in [0, 0.1) is 0 Å². The molecule has 0 spiro atoms. The Morgan fingerprint density at radius 3 is 2.40 bits per heavy atom. The highest BCUT2D eigenvalue weighted by Crippen LogP contribution is 1.61. The van der Waals surface area contributed by atoms with Gasteiger partial charge in [-0.25, -0.2) is 0 Å². The van der Waals surface area contributed by atoms with E-state index in [2.05, 4.69) is 0 Å². The summed E-state index contributed by atoms with van der Waals surface area (Å²) in [4.78, 5) is 0. The molecule has 1 radical (unpaired) electrons. The maximum atomic E-state index is 4.71. The molecule has 0 bridgehead atoms. The van der Waals surface area contributed by atoms with Crippen molar-refractivity contribution in [3.63, 3.8) is 0 Å². The van der Waals surface area contributed by atoms with E-state index in [0.717, 1.165) is 6.61 Å². The van der Waals surface area contributed by atoms with Crippen LogP contribution in [0.2, 0.25) is 6.82 Å². The molecule has 0 atom stereocenters. The summed E-state index contributed by atoms with van der Waals surface area (Å²) in [5, 5.41) is 0. The maximum absolute atomic E-state index is 4.71. The Morgan fingerprint density at radius 2 is 2.40 bits per heavy atom. The summed E-state index contributed by atoms with van der Waals surface area (Å²) in [5.41, 5.74) is 0. The zero-order valence-electron chi connectivity index (χ0n) is 3.69. The molecular weight excluding hydrogens is 62.8 g/mol. The zero-order chi connectivity index (χ0) is 4.12. The predicted molar refractivity (Wildman–Crippen MR) is 23.2 cm³/mol. The number of hydrogen-bond donors (Lipinski definition) is 0. The molecule has 5 heavy (non-hydrogen) atoms. The summed E-state index contributed by atoms with van der Waals surface area (Å²) in [7, 11) is 1.68. The minimum atomic E-state index is 0.788. The minimum absolute atomic E-state index is 0.788. The molecule has 0 heterocycles. The Hall–Kier alpha value is 0.0249. The van der Waals surface area contributed by atoms with E-state index in [1.807, 2.05) is 13.7 Å². The molecule has 1 nitrogen and oxygen atoms in total. The highest BCUT2D eigenvalue weighted by molar-refractivity contribution is 6.24. The molecule has 0 saturated heterocycles. The monoisotopic (exact) mass is 71.1 g/mol. The van der Waals surface area contributed by atoms with Gasteiger partial charge in [0.15, 0.2) is 0 Å². The van der Waals surface area contributed by atoms with Gasteiger partial charge in [-0.3, -0.25) is 0 Å². The third kappa shape index (κ3) is 4.02. The third-order valence-corrected chi connectivity index (χ3v) is 0.333. The molecule has 2 heteroatoms. The number of hydrogen-bond acceptors (Lipinski definition) is 1. The van der Waals surface area contributed by atoms with Crippen LogP contribution in [0.1, 0.15) is 6.92 Å². The van der Waals surface area contributed by atoms with E-state index in [9.17, 15) is 0 Å². The number of rotatable bonds is 2. The Bertz CT molecular complexity index is 14.4. The molecule has 0 unspecified atom stereocenters. The van der Waals surface area contributed by atoms with Crippen LogP contribution >= 0.6 is 0 Å². The SMILES string of the molecule is C[B]OCC. The first-order valence-corrected chi connectivity index (χ1v) is 1.81. The Labute approximate surface area is 33.6 Å². The van der Waals surface area contributed by atoms with Crippen molar-refractivity contribution >= 4 is 7.48 Å². The van der Waals surface area contributed by atoms with Crippen molar-refractivity contribution in [1.29, 1.82) is 0 Å². The van der Waals surface area contributed by atoms with Crippen LogP contribution in [0.5, 0.6) is 0 Å². The van der Waals surface area contributed by atoms with Gasteiger partial charge < -0.3 is 4.65 Å². The average Bonchev–Trinajstić information content (AvgIpc) is 1.41. The summed E-state index contributed by atoms with van der Waals surface area (Å²) in [6.45, 7) is 4.61. The smallest absolute Gasteiger partial charge is 0.288 e. The largest absolute Gasteiger partial charge is 0.441 e. The first kappa shape index (κ1) is 5.02. The van der Waals surface area contributed by atoms with Gasteiger partial charge in [-0.15, -0.1) is 0 Å². The molecule has 0 aliphatic rings. The summed E-state index contributed by atoms with van der Waals surface area (Å²) >= 11 is 0. The molecule has 0 saturated carbocycles. The maximum Gasteiger partial charge on any atom is 0.288 e. The predicted octanol–water partition coefficient (Wildman–Crippen LogP) is 0.690. The fourth-order valence-corrected chi connectivity index (χ4v) is 0.167. The van der Waals surface area contributed by atoms with Crippen LogP contribution in [-0.4, -0.2) is 14.1 Å². The molecule has 0 aliphatic carbocycles. The van der Waals surface area contributed by atoms with Crippen LogP contribution < -0.4 is 0 Å². The van der Waals surface area contributed by atoms with Gasteiger partial charge in [0.2, 0.25) is 0 Å². The van der Waals surface area contributed by atoms with Crippen molar-refractivity contribution in [2.45, 2.75) is 13.7 Å². The highest BCUT2D eigenvalue weighted by Gasteiger charge is 1.69. The zero-order valence-corrected chi connectivity index (χ0v) is 3.69. The molecule has 0 fully saturated rings. The summed E-state index contributed by atoms with van der Waals surface area (Å²) < 4.78 is 4.71. The quantitative estimate of drug-likeness (QED) is 0.435. The van der Waals surface area contributed by atoms with Crippen LogP contribution in [0.3, 0.4) is 0 Å². The van der Waals surface area contributed by atoms with E-state index in [1.165, 1.54) is 0 Å². The normalized spacial score (nSPS) is 7.60. The lowest BCUT2D eigenvalue weighted by atomic mass is 10.1. The minimum Gasteiger partial charge on any atom is -0.441 e. The second-order valence-electron chi connectivity index (χ2n) is 0.691. The lowest BCUT2D eigenvalue weighted by Gasteiger charge is -1.84. The van der Waals surface area contributed by atoms with E-state index >= 15 is 0 Å². The topological polar surface area (TPSA) is 9.23 Å². The van der Waals surface area contributed by atoms with Gasteiger partial charge in [-0.05, 0) is 6.92 Å². The second kappa shape index (κ2) is 4.02. The molecule has 0 aromatic rings. The van der Waals surface area contributed by atoms with Crippen LogP contribution in [0.4, 0.5) is 0 Å². The summed E-state index contributed by atoms with van der Waals surface area (Å²) in [6.07, 6.45) is 0. The van der Waals surface area contributed by atoms with E-state index in [4.69, 9.17) is 4.65 Å². The first-order valence-electron chi connectivity index (χ1n) is 1.81. The van der Waals surface area contributed by atoms with Crippen molar-refractivity contribution in [2.75, 3.05) is 6.61 Å². The lowest BCUT2D eigenvalue weighted by molar-refractivity contribution is 0.364. The average molecular weight is 70.9 g/mol. The first-order chi connectivity index (χ1) is 2.41. The third-order valence-electron chi connectivity index (χ3n) is 0.333. The van der Waals surface area contributed by atoms with Crippen molar-refractivity contribution in [2.24, 2.45) is 0 Å². The fourth-order valence-electron chi connectivity index (χ4n) is 0.167. The van der Waals surface area contributed by atoms with Crippen molar-refractivity contribution in [1.82, 2.24) is 0 Å². The summed E-state index contributed by atoms with van der Waals surface area (Å²) in [6, 6.07) is 0. The van der Waals surface area contributed by atoms with E-state index in [1.54, 1.807) is 7.48 Å². The van der Waals surface area contributed by atoms with Crippen molar-refractivity contribution < 1.29 is 4.65 Å². The highest BCUT2D eigenvalue weighted by atomic mass is 16.4. The standard InChI is InChI=1S/C3H8BO/c1-3-5-4-2/h3H2,1-2H3. The van der Waals surface area contributed by atoms with E-state index < -0.39 is 0 Å². The molecule has 0 N–H and O–H groups in total. The van der Waals surface area contributed by atoms with Gasteiger partial charge in [0.1, 0.15) is 0 Å². The van der Waals surface area contributed by atoms with Gasteiger partial charge in [0.05, 0.1) is 0 Å². The van der Waals surface area contributed by atoms with E-state index in [0.29, 0.717) is 0 Å². The van der Waals surface area contributed by atoms with E-state index in [-0.39, 0.29) is 0 Å². The van der Waals surface area contributed by atoms with Crippen molar-refractivity contribution in [3.8, 4) is 0 Å². The van der Waals surface area contributed by atoms with Crippen LogP contribution in [0.15, 0.2) is 0 Å². The molecule has 29 valence electrons. The molecule has 0 aliphatic heterocycles. The molecule has 0 aromatic heterocycles. The lowest BCUT2D eigenvalue weighted by Crippen LogP contribution is -1.88. The summed E-state index contributed by atoms with van der Waals surface area (Å²) in [5.74, 6) is 0. The van der Waals surface area contributed by atoms with Gasteiger partial charge in [0.25, 0.3) is 7.48 Å². The van der Waals surface area contributed by atoms with Gasteiger partial charge in [0, 0.05) is 6.61 Å². The van der Waals surface area contributed by atoms with Crippen LogP contribution in [0.25, 0.3) is 0 Å². The Balaban J connectivity index is 2.19. The fraction of sp³-hybridized carbons (Fsp3) is 1.00.